The summed E-state index contributed by atoms with van der Waals surface area (Å²) < 4.78 is 23.3. The zero-order chi connectivity index (χ0) is 12.4. The first kappa shape index (κ1) is 13.4. The van der Waals surface area contributed by atoms with Gasteiger partial charge in [-0.05, 0) is 19.3 Å². The van der Waals surface area contributed by atoms with E-state index in [1.54, 1.807) is 0 Å². The van der Waals surface area contributed by atoms with E-state index in [2.05, 4.69) is 0 Å². The summed E-state index contributed by atoms with van der Waals surface area (Å²) in [5, 5.41) is 14.2. The zero-order valence-corrected chi connectivity index (χ0v) is 10.2. The number of carboxylic acid groups (broad SMARTS) is 1. The standard InChI is InChI=1S/C9H18N2O4S/c1-2-3-9(8(12)13)4-6-11(7-5-9)16(10,14)15/h2-7H2,1H3,(H,12,13)(H2,10,14,15). The third kappa shape index (κ3) is 2.72. The topological polar surface area (TPSA) is 101 Å². The van der Waals surface area contributed by atoms with E-state index in [0.717, 1.165) is 10.7 Å². The van der Waals surface area contributed by atoms with Crippen molar-refractivity contribution in [1.29, 1.82) is 0 Å². The van der Waals surface area contributed by atoms with E-state index in [0.29, 0.717) is 19.3 Å². The lowest BCUT2D eigenvalue weighted by molar-refractivity contribution is -0.152. The predicted octanol–water partition coefficient (Wildman–Crippen LogP) is 0.157. The van der Waals surface area contributed by atoms with Gasteiger partial charge in [0, 0.05) is 13.1 Å². The molecule has 16 heavy (non-hydrogen) atoms. The lowest BCUT2D eigenvalue weighted by atomic mass is 9.75. The fourth-order valence-corrected chi connectivity index (χ4v) is 2.91. The number of rotatable bonds is 4. The molecule has 7 heteroatoms. The Kier molecular flexibility index (Phi) is 3.92. The molecule has 1 aliphatic heterocycles. The second-order valence-electron chi connectivity index (χ2n) is 4.28. The van der Waals surface area contributed by atoms with Gasteiger partial charge in [-0.15, -0.1) is 0 Å². The normalized spacial score (nSPS) is 21.9. The van der Waals surface area contributed by atoms with Crippen LogP contribution in [0.1, 0.15) is 32.6 Å². The van der Waals surface area contributed by atoms with Gasteiger partial charge >= 0.3 is 5.97 Å². The van der Waals surface area contributed by atoms with Gasteiger partial charge in [0.05, 0.1) is 5.41 Å². The highest BCUT2D eigenvalue weighted by atomic mass is 32.2. The molecule has 1 heterocycles. The molecule has 6 nitrogen and oxygen atoms in total. The van der Waals surface area contributed by atoms with Crippen LogP contribution in [0.15, 0.2) is 0 Å². The van der Waals surface area contributed by atoms with Crippen molar-refractivity contribution >= 4 is 16.2 Å². The molecule has 0 radical (unpaired) electrons. The minimum absolute atomic E-state index is 0.200. The molecule has 0 atom stereocenters. The van der Waals surface area contributed by atoms with Crippen LogP contribution in [0.2, 0.25) is 0 Å². The van der Waals surface area contributed by atoms with Crippen LogP contribution in [0, 0.1) is 5.41 Å². The Morgan fingerprint density at radius 2 is 1.94 bits per heavy atom. The monoisotopic (exact) mass is 250 g/mol. The molecule has 1 rings (SSSR count). The Morgan fingerprint density at radius 3 is 2.25 bits per heavy atom. The van der Waals surface area contributed by atoms with E-state index >= 15 is 0 Å². The van der Waals surface area contributed by atoms with E-state index in [1.807, 2.05) is 6.92 Å². The van der Waals surface area contributed by atoms with Crippen molar-refractivity contribution in [3.63, 3.8) is 0 Å². The van der Waals surface area contributed by atoms with Crippen molar-refractivity contribution in [3.05, 3.63) is 0 Å². The molecule has 1 fully saturated rings. The SMILES string of the molecule is CCCC1(C(=O)O)CCN(S(N)(=O)=O)CC1. The quantitative estimate of drug-likeness (QED) is 0.742. The number of carbonyl (C=O) groups is 1. The maximum absolute atomic E-state index is 11.2. The van der Waals surface area contributed by atoms with Crippen molar-refractivity contribution in [2.45, 2.75) is 32.6 Å². The summed E-state index contributed by atoms with van der Waals surface area (Å²) in [6, 6.07) is 0. The van der Waals surface area contributed by atoms with Crippen LogP contribution in [-0.2, 0) is 15.0 Å². The third-order valence-electron chi connectivity index (χ3n) is 3.22. The highest BCUT2D eigenvalue weighted by Gasteiger charge is 2.42. The molecule has 0 saturated carbocycles. The molecule has 0 aliphatic carbocycles. The van der Waals surface area contributed by atoms with Gasteiger partial charge in [0.2, 0.25) is 0 Å². The predicted molar refractivity (Wildman–Crippen MR) is 58.9 cm³/mol. The van der Waals surface area contributed by atoms with Crippen molar-refractivity contribution in [2.75, 3.05) is 13.1 Å². The van der Waals surface area contributed by atoms with Crippen molar-refractivity contribution in [2.24, 2.45) is 10.6 Å². The maximum Gasteiger partial charge on any atom is 0.309 e. The van der Waals surface area contributed by atoms with Crippen LogP contribution in [-0.4, -0.2) is 36.9 Å². The molecule has 0 spiro atoms. The summed E-state index contributed by atoms with van der Waals surface area (Å²) >= 11 is 0. The molecular weight excluding hydrogens is 232 g/mol. The minimum atomic E-state index is -3.68. The van der Waals surface area contributed by atoms with E-state index in [1.165, 1.54) is 0 Å². The van der Waals surface area contributed by atoms with E-state index in [-0.39, 0.29) is 13.1 Å². The number of hydrogen-bond acceptors (Lipinski definition) is 3. The smallest absolute Gasteiger partial charge is 0.309 e. The molecular formula is C9H18N2O4S. The number of nitrogens with zero attached hydrogens (tertiary/aromatic N) is 1. The van der Waals surface area contributed by atoms with Gasteiger partial charge in [0.1, 0.15) is 0 Å². The van der Waals surface area contributed by atoms with E-state index in [4.69, 9.17) is 5.14 Å². The van der Waals surface area contributed by atoms with Crippen LogP contribution in [0.4, 0.5) is 0 Å². The lowest BCUT2D eigenvalue weighted by Crippen LogP contribution is -2.48. The van der Waals surface area contributed by atoms with Gasteiger partial charge in [-0.25, -0.2) is 5.14 Å². The van der Waals surface area contributed by atoms with Gasteiger partial charge in [0.15, 0.2) is 0 Å². The molecule has 0 aromatic rings. The highest BCUT2D eigenvalue weighted by Crippen LogP contribution is 2.36. The summed E-state index contributed by atoms with van der Waals surface area (Å²) in [6.45, 7) is 2.33. The molecule has 1 saturated heterocycles. The van der Waals surface area contributed by atoms with Crippen molar-refractivity contribution < 1.29 is 18.3 Å². The van der Waals surface area contributed by atoms with Gasteiger partial charge in [-0.2, -0.15) is 12.7 Å². The minimum Gasteiger partial charge on any atom is -0.481 e. The molecule has 3 N–H and O–H groups in total. The fourth-order valence-electron chi connectivity index (χ4n) is 2.22. The van der Waals surface area contributed by atoms with Gasteiger partial charge in [0.25, 0.3) is 10.2 Å². The Morgan fingerprint density at radius 1 is 1.44 bits per heavy atom. The lowest BCUT2D eigenvalue weighted by Gasteiger charge is -2.37. The molecule has 0 bridgehead atoms. The third-order valence-corrected chi connectivity index (χ3v) is 4.31. The number of carboxylic acids is 1. The first-order valence-corrected chi connectivity index (χ1v) is 6.83. The Bertz CT molecular complexity index is 358. The van der Waals surface area contributed by atoms with Crippen molar-refractivity contribution in [3.8, 4) is 0 Å². The average molecular weight is 250 g/mol. The fraction of sp³-hybridized carbons (Fsp3) is 0.889. The Hall–Kier alpha value is -0.660. The largest absolute Gasteiger partial charge is 0.481 e. The summed E-state index contributed by atoms with van der Waals surface area (Å²) in [4.78, 5) is 11.2. The number of piperidine rings is 1. The first-order chi connectivity index (χ1) is 7.32. The summed E-state index contributed by atoms with van der Waals surface area (Å²) in [5.41, 5.74) is -0.768. The number of nitrogens with two attached hydrogens (primary N) is 1. The van der Waals surface area contributed by atoms with E-state index in [9.17, 15) is 18.3 Å². The molecule has 1 aliphatic rings. The van der Waals surface area contributed by atoms with Crippen LogP contribution in [0.3, 0.4) is 0 Å². The van der Waals surface area contributed by atoms with Crippen LogP contribution in [0.25, 0.3) is 0 Å². The molecule has 0 amide bonds. The van der Waals surface area contributed by atoms with E-state index < -0.39 is 21.6 Å². The van der Waals surface area contributed by atoms with Gasteiger partial charge in [-0.3, -0.25) is 4.79 Å². The second kappa shape index (κ2) is 4.68. The van der Waals surface area contributed by atoms with Crippen LogP contribution in [0.5, 0.6) is 0 Å². The molecule has 0 aromatic carbocycles. The van der Waals surface area contributed by atoms with Gasteiger partial charge < -0.3 is 5.11 Å². The second-order valence-corrected chi connectivity index (χ2v) is 5.83. The van der Waals surface area contributed by atoms with Crippen LogP contribution >= 0.6 is 0 Å². The summed E-state index contributed by atoms with van der Waals surface area (Å²) in [5.74, 6) is -0.830. The first-order valence-electron chi connectivity index (χ1n) is 5.33. The average Bonchev–Trinajstić information content (AvgIpc) is 2.17. The Balaban J connectivity index is 2.74. The van der Waals surface area contributed by atoms with Crippen LogP contribution < -0.4 is 5.14 Å². The van der Waals surface area contributed by atoms with Gasteiger partial charge in [-0.1, -0.05) is 13.3 Å². The number of hydrogen-bond donors (Lipinski definition) is 2. The maximum atomic E-state index is 11.2. The summed E-state index contributed by atoms with van der Waals surface area (Å²) in [7, 11) is -3.68. The van der Waals surface area contributed by atoms with Crippen molar-refractivity contribution in [1.82, 2.24) is 4.31 Å². The molecule has 0 aromatic heterocycles. The Labute approximate surface area is 95.6 Å². The number of aliphatic carboxylic acids is 1. The highest BCUT2D eigenvalue weighted by molar-refractivity contribution is 7.86. The zero-order valence-electron chi connectivity index (χ0n) is 9.35. The molecule has 0 unspecified atom stereocenters. The summed E-state index contributed by atoms with van der Waals surface area (Å²) in [6.07, 6.45) is 2.04. The molecule has 94 valence electrons.